The molecule has 0 saturated heterocycles. The number of fused-ring (bicyclic) bond motifs is 8. The van der Waals surface area contributed by atoms with Crippen LogP contribution in [0.1, 0.15) is 0 Å². The molecular formula is C40H25NO2. The Labute approximate surface area is 247 Å². The summed E-state index contributed by atoms with van der Waals surface area (Å²) in [7, 11) is 0. The van der Waals surface area contributed by atoms with Gasteiger partial charge in [-0.05, 0) is 64.9 Å². The molecule has 2 heterocycles. The highest BCUT2D eigenvalue weighted by Crippen LogP contribution is 2.47. The van der Waals surface area contributed by atoms with Crippen LogP contribution < -0.4 is 4.90 Å². The van der Waals surface area contributed by atoms with Gasteiger partial charge in [0.2, 0.25) is 0 Å². The standard InChI is InChI=1S/C40H25NO2/c1-3-12-26(13-4-1)33-24-27-14-7-8-17-30(27)38-39-34(19-11-21-36(39)43-40(33)38)41(28-15-5-2-6-16-28)29-22-23-32-31-18-9-10-20-35(31)42-37(32)25-29/h1-25H. The van der Waals surface area contributed by atoms with Gasteiger partial charge in [-0.3, -0.25) is 0 Å². The molecular weight excluding hydrogens is 526 g/mol. The van der Waals surface area contributed by atoms with Crippen molar-refractivity contribution in [3.63, 3.8) is 0 Å². The summed E-state index contributed by atoms with van der Waals surface area (Å²) >= 11 is 0. The predicted molar refractivity (Wildman–Crippen MR) is 179 cm³/mol. The first-order valence-electron chi connectivity index (χ1n) is 14.5. The third-order valence-electron chi connectivity index (χ3n) is 8.43. The minimum Gasteiger partial charge on any atom is -0.456 e. The molecule has 9 rings (SSSR count). The van der Waals surface area contributed by atoms with Crippen LogP contribution in [0.15, 0.2) is 160 Å². The van der Waals surface area contributed by atoms with Crippen molar-refractivity contribution in [1.29, 1.82) is 0 Å². The molecule has 0 N–H and O–H groups in total. The first kappa shape index (κ1) is 23.9. The largest absolute Gasteiger partial charge is 0.456 e. The summed E-state index contributed by atoms with van der Waals surface area (Å²) in [5, 5.41) is 6.79. The van der Waals surface area contributed by atoms with Crippen LogP contribution in [-0.4, -0.2) is 0 Å². The second-order valence-electron chi connectivity index (χ2n) is 10.9. The second kappa shape index (κ2) is 9.37. The molecule has 9 aromatic rings. The van der Waals surface area contributed by atoms with Gasteiger partial charge in [0.15, 0.2) is 0 Å². The molecule has 0 unspecified atom stereocenters. The molecule has 202 valence electrons. The fourth-order valence-electron chi connectivity index (χ4n) is 6.53. The van der Waals surface area contributed by atoms with Crippen LogP contribution in [0.4, 0.5) is 17.1 Å². The summed E-state index contributed by atoms with van der Waals surface area (Å²) in [5.41, 5.74) is 8.85. The van der Waals surface area contributed by atoms with Crippen LogP contribution in [0.25, 0.3) is 65.8 Å². The van der Waals surface area contributed by atoms with Crippen LogP contribution in [-0.2, 0) is 0 Å². The lowest BCUT2D eigenvalue weighted by atomic mass is 9.96. The minimum absolute atomic E-state index is 0.854. The number of hydrogen-bond donors (Lipinski definition) is 0. The highest BCUT2D eigenvalue weighted by Gasteiger charge is 2.23. The van der Waals surface area contributed by atoms with Crippen LogP contribution >= 0.6 is 0 Å². The molecule has 0 aliphatic carbocycles. The van der Waals surface area contributed by atoms with E-state index in [4.69, 9.17) is 8.83 Å². The zero-order valence-electron chi connectivity index (χ0n) is 23.2. The van der Waals surface area contributed by atoms with Crippen molar-refractivity contribution in [2.45, 2.75) is 0 Å². The Hall–Kier alpha value is -5.80. The fourth-order valence-corrected chi connectivity index (χ4v) is 6.53. The van der Waals surface area contributed by atoms with Crippen LogP contribution in [0, 0.1) is 0 Å². The Kier molecular flexibility index (Phi) is 5.20. The molecule has 0 atom stereocenters. The Balaban J connectivity index is 1.38. The first-order chi connectivity index (χ1) is 21.3. The first-order valence-corrected chi connectivity index (χ1v) is 14.5. The number of furan rings is 2. The Morgan fingerprint density at radius 1 is 0.419 bits per heavy atom. The van der Waals surface area contributed by atoms with Gasteiger partial charge in [-0.25, -0.2) is 0 Å². The van der Waals surface area contributed by atoms with Crippen molar-refractivity contribution in [2.75, 3.05) is 4.90 Å². The Morgan fingerprint density at radius 2 is 1.12 bits per heavy atom. The average molecular weight is 552 g/mol. The Bertz CT molecular complexity index is 2450. The van der Waals surface area contributed by atoms with Gasteiger partial charge in [-0.1, -0.05) is 97.1 Å². The lowest BCUT2D eigenvalue weighted by Crippen LogP contribution is -2.10. The molecule has 0 amide bonds. The van der Waals surface area contributed by atoms with Crippen LogP contribution in [0.3, 0.4) is 0 Å². The van der Waals surface area contributed by atoms with Gasteiger partial charge in [-0.15, -0.1) is 0 Å². The third kappa shape index (κ3) is 3.68. The number of para-hydroxylation sites is 2. The fraction of sp³-hybridized carbons (Fsp3) is 0. The maximum atomic E-state index is 6.77. The maximum Gasteiger partial charge on any atom is 0.143 e. The topological polar surface area (TPSA) is 29.5 Å². The van der Waals surface area contributed by atoms with E-state index < -0.39 is 0 Å². The molecule has 0 fully saturated rings. The number of hydrogen-bond acceptors (Lipinski definition) is 3. The van der Waals surface area contributed by atoms with E-state index in [0.29, 0.717) is 0 Å². The number of benzene rings is 7. The molecule has 43 heavy (non-hydrogen) atoms. The Morgan fingerprint density at radius 3 is 1.98 bits per heavy atom. The van der Waals surface area contributed by atoms with Gasteiger partial charge in [0.25, 0.3) is 0 Å². The molecule has 0 aliphatic heterocycles. The average Bonchev–Trinajstić information content (AvgIpc) is 3.65. The molecule has 2 aromatic heterocycles. The van der Waals surface area contributed by atoms with E-state index in [1.807, 2.05) is 12.1 Å². The van der Waals surface area contributed by atoms with E-state index in [2.05, 4.69) is 144 Å². The molecule has 7 aromatic carbocycles. The van der Waals surface area contributed by atoms with Gasteiger partial charge in [0.1, 0.15) is 22.3 Å². The zero-order chi connectivity index (χ0) is 28.3. The van der Waals surface area contributed by atoms with Gasteiger partial charge in [-0.2, -0.15) is 0 Å². The molecule has 0 saturated carbocycles. The van der Waals surface area contributed by atoms with Crippen molar-refractivity contribution >= 4 is 71.7 Å². The zero-order valence-corrected chi connectivity index (χ0v) is 23.2. The van der Waals surface area contributed by atoms with Gasteiger partial charge in [0.05, 0.1) is 11.1 Å². The van der Waals surface area contributed by atoms with E-state index in [0.717, 1.165) is 72.1 Å². The van der Waals surface area contributed by atoms with E-state index in [1.165, 1.54) is 10.8 Å². The summed E-state index contributed by atoms with van der Waals surface area (Å²) in [5.74, 6) is 0. The SMILES string of the molecule is c1ccc(-c2cc3ccccc3c3c2oc2cccc(N(c4ccccc4)c4ccc5c(c4)oc4ccccc45)c23)cc1. The monoisotopic (exact) mass is 551 g/mol. The van der Waals surface area contributed by atoms with Crippen LogP contribution in [0.5, 0.6) is 0 Å². The predicted octanol–water partition coefficient (Wildman–Crippen LogP) is 11.8. The molecule has 0 aliphatic rings. The normalized spacial score (nSPS) is 11.7. The van der Waals surface area contributed by atoms with E-state index in [-0.39, 0.29) is 0 Å². The van der Waals surface area contributed by atoms with Crippen molar-refractivity contribution in [3.05, 3.63) is 152 Å². The molecule has 0 radical (unpaired) electrons. The summed E-state index contributed by atoms with van der Waals surface area (Å²) < 4.78 is 13.1. The highest BCUT2D eigenvalue weighted by atomic mass is 16.3. The third-order valence-corrected chi connectivity index (χ3v) is 8.43. The molecule has 0 spiro atoms. The maximum absolute atomic E-state index is 6.77. The second-order valence-corrected chi connectivity index (χ2v) is 10.9. The molecule has 0 bridgehead atoms. The number of anilines is 3. The van der Waals surface area contributed by atoms with Crippen molar-refractivity contribution in [1.82, 2.24) is 0 Å². The van der Waals surface area contributed by atoms with Crippen molar-refractivity contribution < 1.29 is 8.83 Å². The van der Waals surface area contributed by atoms with Gasteiger partial charge < -0.3 is 13.7 Å². The van der Waals surface area contributed by atoms with Gasteiger partial charge >= 0.3 is 0 Å². The lowest BCUT2D eigenvalue weighted by molar-refractivity contribution is 0.669. The summed E-state index contributed by atoms with van der Waals surface area (Å²) in [6.07, 6.45) is 0. The highest BCUT2D eigenvalue weighted by molar-refractivity contribution is 6.26. The van der Waals surface area contributed by atoms with E-state index in [9.17, 15) is 0 Å². The lowest BCUT2D eigenvalue weighted by Gasteiger charge is -2.26. The minimum atomic E-state index is 0.854. The summed E-state index contributed by atoms with van der Waals surface area (Å²) in [6.45, 7) is 0. The van der Waals surface area contributed by atoms with Crippen molar-refractivity contribution in [3.8, 4) is 11.1 Å². The van der Waals surface area contributed by atoms with Gasteiger partial charge in [0, 0.05) is 39.2 Å². The van der Waals surface area contributed by atoms with Crippen molar-refractivity contribution in [2.24, 2.45) is 0 Å². The van der Waals surface area contributed by atoms with Crippen LogP contribution in [0.2, 0.25) is 0 Å². The molecule has 3 nitrogen and oxygen atoms in total. The van der Waals surface area contributed by atoms with E-state index in [1.54, 1.807) is 0 Å². The quantitative estimate of drug-likeness (QED) is 0.218. The van der Waals surface area contributed by atoms with E-state index >= 15 is 0 Å². The summed E-state index contributed by atoms with van der Waals surface area (Å²) in [4.78, 5) is 2.31. The smallest absolute Gasteiger partial charge is 0.143 e. The number of nitrogens with zero attached hydrogens (tertiary/aromatic N) is 1. The summed E-state index contributed by atoms with van der Waals surface area (Å²) in [6, 6.07) is 52.9. The molecule has 3 heteroatoms. The number of rotatable bonds is 4.